The van der Waals surface area contributed by atoms with E-state index in [1.54, 1.807) is 0 Å². The standard InChI is InChI=1S/C7H12O5/c1-10-6(9)4-5(8)7(11-2)12-3/h4,7-8H,1-3H3/b5-4-. The van der Waals surface area contributed by atoms with Gasteiger partial charge in [-0.05, 0) is 0 Å². The van der Waals surface area contributed by atoms with E-state index in [-0.39, 0.29) is 5.76 Å². The molecule has 1 N–H and O–H groups in total. The summed E-state index contributed by atoms with van der Waals surface area (Å²) in [5, 5.41) is 9.12. The van der Waals surface area contributed by atoms with Crippen LogP contribution in [0.4, 0.5) is 0 Å². The minimum Gasteiger partial charge on any atom is -0.507 e. The summed E-state index contributed by atoms with van der Waals surface area (Å²) in [6, 6.07) is 0. The number of carbonyl (C=O) groups excluding carboxylic acids is 1. The van der Waals surface area contributed by atoms with E-state index < -0.39 is 12.3 Å². The second kappa shape index (κ2) is 5.56. The molecule has 0 saturated carbocycles. The molecule has 70 valence electrons. The second-order valence-corrected chi connectivity index (χ2v) is 1.90. The van der Waals surface area contributed by atoms with Crippen LogP contribution in [0, 0.1) is 0 Å². The summed E-state index contributed by atoms with van der Waals surface area (Å²) < 4.78 is 13.6. The molecule has 0 amide bonds. The van der Waals surface area contributed by atoms with Crippen LogP contribution in [0.2, 0.25) is 0 Å². The Kier molecular flexibility index (Phi) is 5.07. The fourth-order valence-corrected chi connectivity index (χ4v) is 0.585. The molecule has 0 aromatic rings. The van der Waals surface area contributed by atoms with E-state index in [1.807, 2.05) is 0 Å². The van der Waals surface area contributed by atoms with Gasteiger partial charge >= 0.3 is 5.97 Å². The van der Waals surface area contributed by atoms with Gasteiger partial charge in [0.05, 0.1) is 13.2 Å². The van der Waals surface area contributed by atoms with Gasteiger partial charge in [-0.15, -0.1) is 0 Å². The third kappa shape index (κ3) is 3.36. The van der Waals surface area contributed by atoms with E-state index in [0.717, 1.165) is 6.08 Å². The number of esters is 1. The number of hydrogen-bond donors (Lipinski definition) is 1. The summed E-state index contributed by atoms with van der Waals surface area (Å²) in [6.07, 6.45) is -0.0402. The van der Waals surface area contributed by atoms with Gasteiger partial charge in [0.15, 0.2) is 5.76 Å². The van der Waals surface area contributed by atoms with Crippen LogP contribution in [-0.2, 0) is 19.0 Å². The van der Waals surface area contributed by atoms with Gasteiger partial charge in [0.1, 0.15) is 0 Å². The number of aliphatic hydroxyl groups excluding tert-OH is 1. The highest BCUT2D eigenvalue weighted by Gasteiger charge is 2.12. The van der Waals surface area contributed by atoms with Crippen molar-refractivity contribution >= 4 is 5.97 Å². The summed E-state index contributed by atoms with van der Waals surface area (Å²) in [4.78, 5) is 10.6. The van der Waals surface area contributed by atoms with Crippen molar-refractivity contribution in [1.82, 2.24) is 0 Å². The van der Waals surface area contributed by atoms with Crippen LogP contribution in [0.15, 0.2) is 11.8 Å². The average molecular weight is 176 g/mol. The molecule has 0 aromatic heterocycles. The SMILES string of the molecule is COC(=O)/C=C(\O)C(OC)OC. The van der Waals surface area contributed by atoms with Crippen molar-refractivity contribution in [2.45, 2.75) is 6.29 Å². The van der Waals surface area contributed by atoms with E-state index in [9.17, 15) is 4.79 Å². The number of aliphatic hydroxyl groups is 1. The van der Waals surface area contributed by atoms with E-state index >= 15 is 0 Å². The average Bonchev–Trinajstić information content (AvgIpc) is 2.06. The molecule has 5 heteroatoms. The van der Waals surface area contributed by atoms with E-state index in [0.29, 0.717) is 0 Å². The lowest BCUT2D eigenvalue weighted by Crippen LogP contribution is -2.17. The Hall–Kier alpha value is -1.07. The lowest BCUT2D eigenvalue weighted by molar-refractivity contribution is -0.136. The maximum absolute atomic E-state index is 10.6. The van der Waals surface area contributed by atoms with Crippen molar-refractivity contribution in [3.8, 4) is 0 Å². The molecule has 0 fully saturated rings. The van der Waals surface area contributed by atoms with Crippen LogP contribution in [0.1, 0.15) is 0 Å². The Morgan fingerprint density at radius 3 is 2.17 bits per heavy atom. The first kappa shape index (κ1) is 10.9. The van der Waals surface area contributed by atoms with Gasteiger partial charge in [0, 0.05) is 14.2 Å². The quantitative estimate of drug-likeness (QED) is 0.287. The number of carbonyl (C=O) groups is 1. The molecule has 0 unspecified atom stereocenters. The predicted octanol–water partition coefficient (Wildman–Crippen LogP) is 0.220. The number of methoxy groups -OCH3 is 3. The molecule has 0 rings (SSSR count). The maximum Gasteiger partial charge on any atom is 0.334 e. The monoisotopic (exact) mass is 176 g/mol. The van der Waals surface area contributed by atoms with Crippen LogP contribution in [0.5, 0.6) is 0 Å². The minimum absolute atomic E-state index is 0.327. The van der Waals surface area contributed by atoms with Crippen molar-refractivity contribution in [2.75, 3.05) is 21.3 Å². The summed E-state index contributed by atoms with van der Waals surface area (Å²) in [5.41, 5.74) is 0. The molecule has 0 aliphatic carbocycles. The Balaban J connectivity index is 4.23. The van der Waals surface area contributed by atoms with Crippen molar-refractivity contribution in [2.24, 2.45) is 0 Å². The van der Waals surface area contributed by atoms with Crippen molar-refractivity contribution in [3.05, 3.63) is 11.8 Å². The molecule has 0 aromatic carbocycles. The van der Waals surface area contributed by atoms with E-state index in [2.05, 4.69) is 14.2 Å². The molecule has 0 aliphatic rings. The number of rotatable bonds is 4. The molecular formula is C7H12O5. The highest BCUT2D eigenvalue weighted by atomic mass is 16.7. The van der Waals surface area contributed by atoms with Crippen LogP contribution >= 0.6 is 0 Å². The summed E-state index contributed by atoms with van der Waals surface area (Å²) in [7, 11) is 3.89. The number of ether oxygens (including phenoxy) is 3. The Morgan fingerprint density at radius 2 is 1.83 bits per heavy atom. The zero-order valence-corrected chi connectivity index (χ0v) is 7.23. The summed E-state index contributed by atoms with van der Waals surface area (Å²) in [6.45, 7) is 0. The van der Waals surface area contributed by atoms with Gasteiger partial charge in [0.25, 0.3) is 0 Å². The smallest absolute Gasteiger partial charge is 0.334 e. The van der Waals surface area contributed by atoms with Crippen LogP contribution in [0.25, 0.3) is 0 Å². The Labute approximate surface area is 70.5 Å². The topological polar surface area (TPSA) is 65.0 Å². The largest absolute Gasteiger partial charge is 0.507 e. The fraction of sp³-hybridized carbons (Fsp3) is 0.571. The van der Waals surface area contributed by atoms with Gasteiger partial charge < -0.3 is 19.3 Å². The lowest BCUT2D eigenvalue weighted by atomic mass is 10.4. The predicted molar refractivity (Wildman–Crippen MR) is 40.5 cm³/mol. The lowest BCUT2D eigenvalue weighted by Gasteiger charge is -2.11. The Bertz CT molecular complexity index is 171. The first-order chi connectivity index (χ1) is 5.65. The molecule has 12 heavy (non-hydrogen) atoms. The molecule has 0 bridgehead atoms. The van der Waals surface area contributed by atoms with Gasteiger partial charge in [-0.3, -0.25) is 0 Å². The first-order valence-corrected chi connectivity index (χ1v) is 3.19. The number of hydrogen-bond acceptors (Lipinski definition) is 5. The van der Waals surface area contributed by atoms with Gasteiger partial charge in [-0.1, -0.05) is 0 Å². The summed E-state index contributed by atoms with van der Waals surface area (Å²) >= 11 is 0. The molecule has 0 spiro atoms. The van der Waals surface area contributed by atoms with E-state index in [1.165, 1.54) is 21.3 Å². The molecule has 5 nitrogen and oxygen atoms in total. The van der Waals surface area contributed by atoms with Crippen LogP contribution in [0.3, 0.4) is 0 Å². The third-order valence-electron chi connectivity index (χ3n) is 1.14. The summed E-state index contributed by atoms with van der Waals surface area (Å²) in [5.74, 6) is -0.988. The first-order valence-electron chi connectivity index (χ1n) is 3.19. The van der Waals surface area contributed by atoms with Crippen LogP contribution < -0.4 is 0 Å². The van der Waals surface area contributed by atoms with Crippen molar-refractivity contribution in [1.29, 1.82) is 0 Å². The fourth-order valence-electron chi connectivity index (χ4n) is 0.585. The zero-order chi connectivity index (χ0) is 9.56. The third-order valence-corrected chi connectivity index (χ3v) is 1.14. The normalized spacial score (nSPS) is 11.8. The van der Waals surface area contributed by atoms with Gasteiger partial charge in [0.2, 0.25) is 6.29 Å². The van der Waals surface area contributed by atoms with Crippen molar-refractivity contribution in [3.63, 3.8) is 0 Å². The van der Waals surface area contributed by atoms with E-state index in [4.69, 9.17) is 5.11 Å². The van der Waals surface area contributed by atoms with Gasteiger partial charge in [-0.25, -0.2) is 4.79 Å². The molecular weight excluding hydrogens is 164 g/mol. The second-order valence-electron chi connectivity index (χ2n) is 1.90. The zero-order valence-electron chi connectivity index (χ0n) is 7.23. The maximum atomic E-state index is 10.6. The molecule has 0 radical (unpaired) electrons. The molecule has 0 atom stereocenters. The minimum atomic E-state index is -0.927. The molecule has 0 heterocycles. The molecule has 0 aliphatic heterocycles. The highest BCUT2D eigenvalue weighted by Crippen LogP contribution is 2.02. The van der Waals surface area contributed by atoms with Gasteiger partial charge in [-0.2, -0.15) is 0 Å². The Morgan fingerprint density at radius 1 is 1.33 bits per heavy atom. The molecule has 0 saturated heterocycles. The highest BCUT2D eigenvalue weighted by molar-refractivity contribution is 5.82. The van der Waals surface area contributed by atoms with Crippen molar-refractivity contribution < 1.29 is 24.1 Å². The van der Waals surface area contributed by atoms with Crippen LogP contribution in [-0.4, -0.2) is 38.7 Å².